The van der Waals surface area contributed by atoms with Crippen molar-refractivity contribution in [2.75, 3.05) is 6.54 Å². The fraction of sp³-hybridized carbons (Fsp3) is 0.688. The van der Waals surface area contributed by atoms with Crippen molar-refractivity contribution in [2.45, 2.75) is 57.5 Å². The second-order valence-corrected chi connectivity index (χ2v) is 7.30. The van der Waals surface area contributed by atoms with Gasteiger partial charge in [0.1, 0.15) is 6.04 Å². The molecule has 1 N–H and O–H groups in total. The van der Waals surface area contributed by atoms with Crippen LogP contribution in [0.3, 0.4) is 0 Å². The summed E-state index contributed by atoms with van der Waals surface area (Å²) in [7, 11) is 0. The van der Waals surface area contributed by atoms with Crippen molar-refractivity contribution >= 4 is 17.3 Å². The third kappa shape index (κ3) is 2.63. The molecule has 1 saturated carbocycles. The summed E-state index contributed by atoms with van der Waals surface area (Å²) in [6.07, 6.45) is 7.11. The van der Waals surface area contributed by atoms with Crippen LogP contribution in [0.25, 0.3) is 0 Å². The maximum atomic E-state index is 11.8. The predicted molar refractivity (Wildman–Crippen MR) is 81.1 cm³/mol. The molecular formula is C16H23NO2S. The van der Waals surface area contributed by atoms with Gasteiger partial charge in [0, 0.05) is 17.5 Å². The number of aliphatic carboxylic acids is 1. The fourth-order valence-electron chi connectivity index (χ4n) is 3.80. The highest BCUT2D eigenvalue weighted by atomic mass is 32.1. The summed E-state index contributed by atoms with van der Waals surface area (Å²) >= 11 is 1.71. The zero-order chi connectivity index (χ0) is 14.1. The molecule has 1 aromatic heterocycles. The number of hydrogen-bond donors (Lipinski definition) is 1. The third-order valence-corrected chi connectivity index (χ3v) is 5.93. The summed E-state index contributed by atoms with van der Waals surface area (Å²) < 4.78 is 0. The van der Waals surface area contributed by atoms with Gasteiger partial charge in [0.2, 0.25) is 0 Å². The number of hydrogen-bond acceptors (Lipinski definition) is 3. The van der Waals surface area contributed by atoms with Crippen LogP contribution in [0.5, 0.6) is 0 Å². The van der Waals surface area contributed by atoms with E-state index in [1.54, 1.807) is 11.3 Å². The molecule has 3 nitrogen and oxygen atoms in total. The molecule has 110 valence electrons. The lowest BCUT2D eigenvalue weighted by Crippen LogP contribution is -2.45. The topological polar surface area (TPSA) is 40.5 Å². The van der Waals surface area contributed by atoms with Gasteiger partial charge in [-0.3, -0.25) is 9.69 Å². The molecular weight excluding hydrogens is 270 g/mol. The molecule has 3 rings (SSSR count). The van der Waals surface area contributed by atoms with Gasteiger partial charge in [0.15, 0.2) is 0 Å². The van der Waals surface area contributed by atoms with Crippen LogP contribution in [-0.2, 0) is 11.2 Å². The Balaban J connectivity index is 1.83. The largest absolute Gasteiger partial charge is 0.480 e. The Kier molecular flexibility index (Phi) is 4.13. The highest BCUT2D eigenvalue weighted by Crippen LogP contribution is 2.37. The SMILES string of the molecule is CC1CCCC(N2CCc3sccc3C2C(=O)O)CC1. The van der Waals surface area contributed by atoms with Crippen LogP contribution in [-0.4, -0.2) is 28.6 Å². The van der Waals surface area contributed by atoms with Crippen LogP contribution in [0.2, 0.25) is 0 Å². The van der Waals surface area contributed by atoms with E-state index in [2.05, 4.69) is 11.8 Å². The molecule has 0 spiro atoms. The van der Waals surface area contributed by atoms with Crippen LogP contribution in [0, 0.1) is 5.92 Å². The maximum Gasteiger partial charge on any atom is 0.325 e. The number of fused-ring (bicyclic) bond motifs is 1. The molecule has 2 heterocycles. The van der Waals surface area contributed by atoms with Crippen molar-refractivity contribution < 1.29 is 9.90 Å². The van der Waals surface area contributed by atoms with Crippen molar-refractivity contribution in [1.29, 1.82) is 0 Å². The summed E-state index contributed by atoms with van der Waals surface area (Å²) in [6.45, 7) is 3.23. The highest BCUT2D eigenvalue weighted by molar-refractivity contribution is 7.10. The number of carbonyl (C=O) groups is 1. The van der Waals surface area contributed by atoms with Gasteiger partial charge in [0.25, 0.3) is 0 Å². The van der Waals surface area contributed by atoms with Gasteiger partial charge in [-0.1, -0.05) is 19.8 Å². The van der Waals surface area contributed by atoms with Gasteiger partial charge in [-0.25, -0.2) is 0 Å². The van der Waals surface area contributed by atoms with Crippen molar-refractivity contribution in [3.63, 3.8) is 0 Å². The first-order chi connectivity index (χ1) is 9.66. The van der Waals surface area contributed by atoms with E-state index in [9.17, 15) is 9.90 Å². The molecule has 1 fully saturated rings. The molecule has 4 heteroatoms. The quantitative estimate of drug-likeness (QED) is 0.845. The molecule has 20 heavy (non-hydrogen) atoms. The minimum atomic E-state index is -0.679. The van der Waals surface area contributed by atoms with E-state index in [0.29, 0.717) is 6.04 Å². The standard InChI is InChI=1S/C16H23NO2S/c1-11-3-2-4-12(6-5-11)17-9-7-14-13(8-10-20-14)15(17)16(18)19/h8,10-12,15H,2-7,9H2,1H3,(H,18,19). The van der Waals surface area contributed by atoms with Crippen molar-refractivity contribution in [3.05, 3.63) is 21.9 Å². The number of thiophene rings is 1. The summed E-state index contributed by atoms with van der Waals surface area (Å²) in [4.78, 5) is 15.3. The number of carboxylic acids is 1. The Hall–Kier alpha value is -0.870. The molecule has 0 amide bonds. The highest BCUT2D eigenvalue weighted by Gasteiger charge is 2.37. The zero-order valence-electron chi connectivity index (χ0n) is 12.0. The van der Waals surface area contributed by atoms with Crippen molar-refractivity contribution in [3.8, 4) is 0 Å². The minimum Gasteiger partial charge on any atom is -0.480 e. The Morgan fingerprint density at radius 2 is 2.20 bits per heavy atom. The molecule has 1 aromatic rings. The van der Waals surface area contributed by atoms with Gasteiger partial charge in [0.05, 0.1) is 0 Å². The Bertz CT molecular complexity index is 485. The molecule has 0 saturated heterocycles. The van der Waals surface area contributed by atoms with E-state index < -0.39 is 12.0 Å². The summed E-state index contributed by atoms with van der Waals surface area (Å²) in [5.41, 5.74) is 1.05. The molecule has 0 bridgehead atoms. The molecule has 0 radical (unpaired) electrons. The van der Waals surface area contributed by atoms with Gasteiger partial charge >= 0.3 is 5.97 Å². The molecule has 0 aromatic carbocycles. The lowest BCUT2D eigenvalue weighted by atomic mass is 9.95. The van der Waals surface area contributed by atoms with Gasteiger partial charge in [-0.15, -0.1) is 11.3 Å². The summed E-state index contributed by atoms with van der Waals surface area (Å²) in [5.74, 6) is 0.117. The van der Waals surface area contributed by atoms with Crippen LogP contribution in [0.15, 0.2) is 11.4 Å². The predicted octanol–water partition coefficient (Wildman–Crippen LogP) is 3.70. The number of rotatable bonds is 2. The van der Waals surface area contributed by atoms with Gasteiger partial charge in [-0.2, -0.15) is 0 Å². The van der Waals surface area contributed by atoms with Crippen molar-refractivity contribution in [1.82, 2.24) is 4.90 Å². The maximum absolute atomic E-state index is 11.8. The van der Waals surface area contributed by atoms with E-state index in [1.165, 1.54) is 24.1 Å². The first kappa shape index (κ1) is 14.1. The average Bonchev–Trinajstić information content (AvgIpc) is 2.79. The smallest absolute Gasteiger partial charge is 0.325 e. The first-order valence-corrected chi connectivity index (χ1v) is 8.59. The van der Waals surface area contributed by atoms with E-state index in [1.807, 2.05) is 11.4 Å². The lowest BCUT2D eigenvalue weighted by Gasteiger charge is -2.39. The Morgan fingerprint density at radius 1 is 1.35 bits per heavy atom. The van der Waals surface area contributed by atoms with E-state index in [-0.39, 0.29) is 0 Å². The van der Waals surface area contributed by atoms with Crippen LogP contribution in [0.1, 0.15) is 55.5 Å². The van der Waals surface area contributed by atoms with Gasteiger partial charge < -0.3 is 5.11 Å². The van der Waals surface area contributed by atoms with E-state index in [4.69, 9.17) is 0 Å². The second-order valence-electron chi connectivity index (χ2n) is 6.29. The normalized spacial score (nSPS) is 31.6. The fourth-order valence-corrected chi connectivity index (χ4v) is 4.71. The second kappa shape index (κ2) is 5.86. The number of carboxylic acid groups (broad SMARTS) is 1. The molecule has 3 unspecified atom stereocenters. The summed E-state index contributed by atoms with van der Waals surface area (Å²) in [6, 6.07) is 2.06. The molecule has 1 aliphatic heterocycles. The van der Waals surface area contributed by atoms with Gasteiger partial charge in [-0.05, 0) is 48.6 Å². The van der Waals surface area contributed by atoms with Crippen LogP contribution < -0.4 is 0 Å². The lowest BCUT2D eigenvalue weighted by molar-refractivity contribution is -0.145. The van der Waals surface area contributed by atoms with E-state index in [0.717, 1.165) is 37.3 Å². The molecule has 2 aliphatic rings. The molecule has 3 atom stereocenters. The number of nitrogens with zero attached hydrogens (tertiary/aromatic N) is 1. The minimum absolute atomic E-state index is 0.414. The Morgan fingerprint density at radius 3 is 3.00 bits per heavy atom. The van der Waals surface area contributed by atoms with Crippen LogP contribution >= 0.6 is 11.3 Å². The first-order valence-electron chi connectivity index (χ1n) is 7.71. The third-order valence-electron chi connectivity index (χ3n) is 4.93. The van der Waals surface area contributed by atoms with Crippen LogP contribution in [0.4, 0.5) is 0 Å². The monoisotopic (exact) mass is 293 g/mol. The van der Waals surface area contributed by atoms with E-state index >= 15 is 0 Å². The summed E-state index contributed by atoms with van der Waals surface area (Å²) in [5, 5.41) is 11.7. The van der Waals surface area contributed by atoms with Crippen molar-refractivity contribution in [2.24, 2.45) is 5.92 Å². The zero-order valence-corrected chi connectivity index (χ0v) is 12.9. The average molecular weight is 293 g/mol. The Labute approximate surface area is 124 Å². The molecule has 1 aliphatic carbocycles.